The maximum Gasteiger partial charge on any atom is 0.212 e. The van der Waals surface area contributed by atoms with E-state index in [1.165, 1.54) is 0 Å². The van der Waals surface area contributed by atoms with Crippen LogP contribution in [0.1, 0.15) is 0 Å². The minimum absolute atomic E-state index is 0.400. The van der Waals surface area contributed by atoms with Gasteiger partial charge in [-0.1, -0.05) is 48.5 Å². The maximum absolute atomic E-state index is 6.14. The Morgan fingerprint density at radius 3 is 1.52 bits per heavy atom. The summed E-state index contributed by atoms with van der Waals surface area (Å²) in [5.41, 5.74) is 13.1. The first-order chi connectivity index (χ1) is 14.2. The number of hydrogen-bond acceptors (Lipinski definition) is 5. The highest BCUT2D eigenvalue weighted by Crippen LogP contribution is 2.45. The van der Waals surface area contributed by atoms with Gasteiger partial charge in [0.15, 0.2) is 23.0 Å². The average Bonchev–Trinajstić information content (AvgIpc) is 2.74. The predicted molar refractivity (Wildman–Crippen MR) is 115 cm³/mol. The monoisotopic (exact) mass is 384 g/mol. The minimum Gasteiger partial charge on any atom is -0.453 e. The molecular weight excluding hydrogens is 364 g/mol. The molecule has 4 N–H and O–H groups in total. The van der Waals surface area contributed by atoms with Gasteiger partial charge in [-0.3, -0.25) is 0 Å². The van der Waals surface area contributed by atoms with Gasteiger partial charge in [0.1, 0.15) is 5.75 Å². The van der Waals surface area contributed by atoms with Crippen LogP contribution >= 0.6 is 0 Å². The number of para-hydroxylation sites is 6. The highest BCUT2D eigenvalue weighted by atomic mass is 16.5. The number of ether oxygens (including phenoxy) is 3. The number of hydrogen-bond donors (Lipinski definition) is 2. The van der Waals surface area contributed by atoms with Crippen LogP contribution in [0.15, 0.2) is 97.1 Å². The van der Waals surface area contributed by atoms with Gasteiger partial charge in [0.2, 0.25) is 5.75 Å². The van der Waals surface area contributed by atoms with Crippen molar-refractivity contribution in [3.8, 4) is 34.5 Å². The van der Waals surface area contributed by atoms with Crippen LogP contribution in [0, 0.1) is 0 Å². The molecule has 0 unspecified atom stereocenters. The molecule has 5 heteroatoms. The topological polar surface area (TPSA) is 79.7 Å². The first-order valence-corrected chi connectivity index (χ1v) is 9.11. The zero-order valence-corrected chi connectivity index (χ0v) is 15.6. The second kappa shape index (κ2) is 8.27. The van der Waals surface area contributed by atoms with Gasteiger partial charge < -0.3 is 25.7 Å². The summed E-state index contributed by atoms with van der Waals surface area (Å²) in [5.74, 6) is 3.05. The molecule has 0 saturated carbocycles. The molecule has 0 heterocycles. The fraction of sp³-hybridized carbons (Fsp3) is 0. The quantitative estimate of drug-likeness (QED) is 0.385. The Balaban J connectivity index is 1.76. The van der Waals surface area contributed by atoms with Crippen molar-refractivity contribution in [2.24, 2.45) is 0 Å². The molecule has 0 fully saturated rings. The van der Waals surface area contributed by atoms with Crippen LogP contribution in [0.4, 0.5) is 11.4 Å². The molecule has 4 rings (SSSR count). The molecule has 144 valence electrons. The lowest BCUT2D eigenvalue weighted by atomic mass is 10.2. The van der Waals surface area contributed by atoms with Crippen molar-refractivity contribution in [3.63, 3.8) is 0 Å². The van der Waals surface area contributed by atoms with Gasteiger partial charge in [-0.05, 0) is 48.5 Å². The van der Waals surface area contributed by atoms with Gasteiger partial charge in [-0.2, -0.15) is 0 Å². The Morgan fingerprint density at radius 1 is 0.414 bits per heavy atom. The normalized spacial score (nSPS) is 10.3. The first-order valence-electron chi connectivity index (χ1n) is 9.11. The number of nitrogen functional groups attached to an aromatic ring is 2. The van der Waals surface area contributed by atoms with E-state index in [1.807, 2.05) is 66.7 Å². The van der Waals surface area contributed by atoms with E-state index in [1.54, 1.807) is 30.3 Å². The van der Waals surface area contributed by atoms with E-state index in [0.717, 1.165) is 0 Å². The molecule has 0 aromatic heterocycles. The summed E-state index contributed by atoms with van der Waals surface area (Å²) >= 11 is 0. The molecule has 29 heavy (non-hydrogen) atoms. The smallest absolute Gasteiger partial charge is 0.212 e. The summed E-state index contributed by atoms with van der Waals surface area (Å²) in [7, 11) is 0. The third kappa shape index (κ3) is 4.25. The van der Waals surface area contributed by atoms with E-state index in [9.17, 15) is 0 Å². The van der Waals surface area contributed by atoms with Crippen molar-refractivity contribution >= 4 is 11.4 Å². The molecule has 0 aliphatic heterocycles. The van der Waals surface area contributed by atoms with Crippen LogP contribution in [-0.4, -0.2) is 0 Å². The molecule has 0 radical (unpaired) electrons. The molecule has 4 aromatic carbocycles. The molecule has 0 amide bonds. The Hall–Kier alpha value is -4.12. The van der Waals surface area contributed by atoms with Crippen LogP contribution in [0.3, 0.4) is 0 Å². The van der Waals surface area contributed by atoms with Crippen molar-refractivity contribution < 1.29 is 14.2 Å². The molecule has 0 atom stereocenters. The van der Waals surface area contributed by atoms with Gasteiger partial charge in [0, 0.05) is 0 Å². The van der Waals surface area contributed by atoms with Crippen molar-refractivity contribution in [1.29, 1.82) is 0 Å². The lowest BCUT2D eigenvalue weighted by molar-refractivity contribution is 0.388. The maximum atomic E-state index is 6.14. The SMILES string of the molecule is Nc1ccccc1Oc1cccc(Oc2ccccc2)c1Oc1ccccc1N. The van der Waals surface area contributed by atoms with Gasteiger partial charge in [0.05, 0.1) is 11.4 Å². The molecule has 4 aromatic rings. The Kier molecular flexibility index (Phi) is 5.21. The fourth-order valence-corrected chi connectivity index (χ4v) is 2.75. The Morgan fingerprint density at radius 2 is 0.897 bits per heavy atom. The zero-order valence-electron chi connectivity index (χ0n) is 15.6. The number of anilines is 2. The lowest BCUT2D eigenvalue weighted by Crippen LogP contribution is -1.98. The Labute approximate surface area is 169 Å². The molecule has 0 saturated heterocycles. The predicted octanol–water partition coefficient (Wildman–Crippen LogP) is 6.23. The van der Waals surface area contributed by atoms with E-state index < -0.39 is 0 Å². The van der Waals surface area contributed by atoms with Crippen LogP contribution in [0.25, 0.3) is 0 Å². The summed E-state index contributed by atoms with van der Waals surface area (Å²) in [6.45, 7) is 0. The van der Waals surface area contributed by atoms with Gasteiger partial charge in [-0.25, -0.2) is 0 Å². The third-order valence-electron chi connectivity index (χ3n) is 4.18. The fourth-order valence-electron chi connectivity index (χ4n) is 2.75. The second-order valence-corrected chi connectivity index (χ2v) is 6.28. The van der Waals surface area contributed by atoms with Crippen LogP contribution in [-0.2, 0) is 0 Å². The number of nitrogens with two attached hydrogens (primary N) is 2. The van der Waals surface area contributed by atoms with E-state index in [4.69, 9.17) is 25.7 Å². The molecule has 0 spiro atoms. The molecule has 5 nitrogen and oxygen atoms in total. The van der Waals surface area contributed by atoms with Gasteiger partial charge in [-0.15, -0.1) is 0 Å². The van der Waals surface area contributed by atoms with Crippen molar-refractivity contribution in [2.45, 2.75) is 0 Å². The van der Waals surface area contributed by atoms with Gasteiger partial charge in [0.25, 0.3) is 0 Å². The van der Waals surface area contributed by atoms with Crippen LogP contribution in [0.2, 0.25) is 0 Å². The summed E-state index contributed by atoms with van der Waals surface area (Å²) in [4.78, 5) is 0. The molecule has 0 aliphatic carbocycles. The summed E-state index contributed by atoms with van der Waals surface area (Å²) in [6.07, 6.45) is 0. The third-order valence-corrected chi connectivity index (χ3v) is 4.18. The van der Waals surface area contributed by atoms with Crippen molar-refractivity contribution in [2.75, 3.05) is 11.5 Å². The lowest BCUT2D eigenvalue weighted by Gasteiger charge is -2.17. The molecular formula is C24H20N2O3. The Bertz CT molecular complexity index is 1110. The average molecular weight is 384 g/mol. The standard InChI is InChI=1S/C24H20N2O3/c25-18-11-4-6-13-20(18)28-23-16-8-15-22(27-17-9-2-1-3-10-17)24(23)29-21-14-7-5-12-19(21)26/h1-16H,25-26H2. The molecule has 0 bridgehead atoms. The van der Waals surface area contributed by atoms with Crippen LogP contribution < -0.4 is 25.7 Å². The van der Waals surface area contributed by atoms with Crippen molar-refractivity contribution in [1.82, 2.24) is 0 Å². The molecule has 0 aliphatic rings. The zero-order chi connectivity index (χ0) is 20.1. The van der Waals surface area contributed by atoms with E-state index >= 15 is 0 Å². The van der Waals surface area contributed by atoms with E-state index in [2.05, 4.69) is 0 Å². The summed E-state index contributed by atoms with van der Waals surface area (Å²) in [5, 5.41) is 0. The van der Waals surface area contributed by atoms with Crippen LogP contribution in [0.5, 0.6) is 34.5 Å². The minimum atomic E-state index is 0.400. The second-order valence-electron chi connectivity index (χ2n) is 6.28. The summed E-state index contributed by atoms with van der Waals surface area (Å²) in [6, 6.07) is 29.4. The van der Waals surface area contributed by atoms with Gasteiger partial charge >= 0.3 is 0 Å². The first kappa shape index (κ1) is 18.3. The number of rotatable bonds is 6. The van der Waals surface area contributed by atoms with E-state index in [0.29, 0.717) is 45.9 Å². The number of benzene rings is 4. The largest absolute Gasteiger partial charge is 0.453 e. The highest BCUT2D eigenvalue weighted by molar-refractivity contribution is 5.61. The van der Waals surface area contributed by atoms with Crippen molar-refractivity contribution in [3.05, 3.63) is 97.1 Å². The summed E-state index contributed by atoms with van der Waals surface area (Å²) < 4.78 is 18.3. The highest BCUT2D eigenvalue weighted by Gasteiger charge is 2.17. The van der Waals surface area contributed by atoms with E-state index in [-0.39, 0.29) is 0 Å².